The summed E-state index contributed by atoms with van der Waals surface area (Å²) in [5.41, 5.74) is 4.52. The first-order valence-corrected chi connectivity index (χ1v) is 6.27. The number of hydrogen-bond acceptors (Lipinski definition) is 2. The van der Waals surface area contributed by atoms with Crippen LogP contribution in [0.1, 0.15) is 13.3 Å². The van der Waals surface area contributed by atoms with Crippen molar-refractivity contribution in [2.24, 2.45) is 0 Å². The number of benzene rings is 1. The lowest BCUT2D eigenvalue weighted by Crippen LogP contribution is -2.34. The Kier molecular flexibility index (Phi) is 5.76. The maximum atomic E-state index is 4.52. The van der Waals surface area contributed by atoms with E-state index < -0.39 is 0 Å². The average Bonchev–Trinajstić information content (AvgIpc) is 2.25. The Hall–Kier alpha value is -0.510. The molecule has 0 saturated carbocycles. The molecule has 0 N–H and O–H groups in total. The second-order valence-corrected chi connectivity index (χ2v) is 4.74. The van der Waals surface area contributed by atoms with Crippen LogP contribution in [0.25, 0.3) is 0 Å². The SMILES string of the molecule is CCC(CSc1ccccc1)[N]N(C)C. The normalized spacial score (nSPS) is 13.1. The molecular weight excluding hydrogens is 204 g/mol. The molecule has 0 aliphatic carbocycles. The summed E-state index contributed by atoms with van der Waals surface area (Å²) in [6.45, 7) is 2.18. The van der Waals surface area contributed by atoms with Gasteiger partial charge in [0.25, 0.3) is 0 Å². The molecule has 15 heavy (non-hydrogen) atoms. The van der Waals surface area contributed by atoms with E-state index in [1.54, 1.807) is 0 Å². The topological polar surface area (TPSA) is 17.3 Å². The predicted molar refractivity (Wildman–Crippen MR) is 67.1 cm³/mol. The van der Waals surface area contributed by atoms with Crippen LogP contribution in [0.2, 0.25) is 0 Å². The van der Waals surface area contributed by atoms with Crippen LogP contribution in [0.4, 0.5) is 0 Å². The molecule has 1 atom stereocenters. The van der Waals surface area contributed by atoms with Gasteiger partial charge in [0.05, 0.1) is 6.04 Å². The van der Waals surface area contributed by atoms with Crippen LogP contribution < -0.4 is 5.43 Å². The first-order chi connectivity index (χ1) is 7.22. The number of rotatable bonds is 6. The van der Waals surface area contributed by atoms with Gasteiger partial charge in [-0.3, -0.25) is 0 Å². The molecule has 1 aromatic rings. The second kappa shape index (κ2) is 6.88. The van der Waals surface area contributed by atoms with Crippen molar-refractivity contribution < 1.29 is 0 Å². The molecule has 0 spiro atoms. The van der Waals surface area contributed by atoms with Crippen molar-refractivity contribution in [2.45, 2.75) is 24.3 Å². The highest BCUT2D eigenvalue weighted by Crippen LogP contribution is 2.18. The van der Waals surface area contributed by atoms with Gasteiger partial charge in [-0.1, -0.05) is 25.1 Å². The van der Waals surface area contributed by atoms with Crippen LogP contribution in [-0.2, 0) is 0 Å². The monoisotopic (exact) mass is 223 g/mol. The van der Waals surface area contributed by atoms with Gasteiger partial charge in [0, 0.05) is 24.7 Å². The van der Waals surface area contributed by atoms with Gasteiger partial charge in [0.2, 0.25) is 0 Å². The smallest absolute Gasteiger partial charge is 0.0509 e. The molecule has 0 fully saturated rings. The maximum Gasteiger partial charge on any atom is 0.0509 e. The molecule has 3 heteroatoms. The molecular formula is C12H19N2S. The van der Waals surface area contributed by atoms with Crippen molar-refractivity contribution in [3.63, 3.8) is 0 Å². The molecule has 1 radical (unpaired) electrons. The van der Waals surface area contributed by atoms with Gasteiger partial charge < -0.3 is 0 Å². The Bertz CT molecular complexity index is 262. The van der Waals surface area contributed by atoms with Crippen LogP contribution >= 0.6 is 11.8 Å². The van der Waals surface area contributed by atoms with Crippen LogP contribution in [0.3, 0.4) is 0 Å². The third-order valence-electron chi connectivity index (χ3n) is 2.05. The van der Waals surface area contributed by atoms with Crippen LogP contribution in [0.5, 0.6) is 0 Å². The molecule has 0 bridgehead atoms. The summed E-state index contributed by atoms with van der Waals surface area (Å²) in [4.78, 5) is 1.32. The Labute approximate surface area is 97.0 Å². The lowest BCUT2D eigenvalue weighted by atomic mass is 10.3. The lowest BCUT2D eigenvalue weighted by molar-refractivity contribution is 0.239. The van der Waals surface area contributed by atoms with Crippen LogP contribution in [-0.4, -0.2) is 30.9 Å². The highest BCUT2D eigenvalue weighted by molar-refractivity contribution is 7.99. The number of thioether (sulfide) groups is 1. The summed E-state index contributed by atoms with van der Waals surface area (Å²) in [5, 5.41) is 1.90. The Morgan fingerprint density at radius 1 is 1.27 bits per heavy atom. The van der Waals surface area contributed by atoms with E-state index in [0.717, 1.165) is 12.2 Å². The van der Waals surface area contributed by atoms with E-state index in [1.807, 2.05) is 36.9 Å². The molecule has 0 heterocycles. The van der Waals surface area contributed by atoms with E-state index in [2.05, 4.69) is 36.6 Å². The fraction of sp³-hybridized carbons (Fsp3) is 0.500. The number of hydrogen-bond donors (Lipinski definition) is 0. The summed E-state index contributed by atoms with van der Waals surface area (Å²) in [6, 6.07) is 10.9. The largest absolute Gasteiger partial charge is 0.233 e. The van der Waals surface area contributed by atoms with Crippen molar-refractivity contribution in [2.75, 3.05) is 19.8 Å². The van der Waals surface area contributed by atoms with E-state index in [-0.39, 0.29) is 0 Å². The van der Waals surface area contributed by atoms with Gasteiger partial charge in [-0.05, 0) is 18.6 Å². The van der Waals surface area contributed by atoms with Crippen LogP contribution in [0, 0.1) is 0 Å². The lowest BCUT2D eigenvalue weighted by Gasteiger charge is -2.18. The average molecular weight is 223 g/mol. The zero-order valence-electron chi connectivity index (χ0n) is 9.68. The summed E-state index contributed by atoms with van der Waals surface area (Å²) in [6.07, 6.45) is 1.10. The predicted octanol–water partition coefficient (Wildman–Crippen LogP) is 2.64. The molecule has 1 unspecified atom stereocenters. The minimum Gasteiger partial charge on any atom is -0.233 e. The first-order valence-electron chi connectivity index (χ1n) is 5.28. The molecule has 0 amide bonds. The van der Waals surface area contributed by atoms with Gasteiger partial charge in [-0.25, -0.2) is 5.01 Å². The molecule has 0 saturated heterocycles. The molecule has 83 valence electrons. The zero-order chi connectivity index (χ0) is 11.1. The van der Waals surface area contributed by atoms with Crippen molar-refractivity contribution in [3.8, 4) is 0 Å². The standard InChI is InChI=1S/C12H19N2S/c1-4-11(13-14(2)3)10-15-12-8-6-5-7-9-12/h5-9,11H,4,10H2,1-3H3. The fourth-order valence-corrected chi connectivity index (χ4v) is 2.31. The highest BCUT2D eigenvalue weighted by atomic mass is 32.2. The second-order valence-electron chi connectivity index (χ2n) is 3.65. The van der Waals surface area contributed by atoms with E-state index in [0.29, 0.717) is 6.04 Å². The van der Waals surface area contributed by atoms with E-state index in [4.69, 9.17) is 0 Å². The van der Waals surface area contributed by atoms with Gasteiger partial charge in [-0.2, -0.15) is 5.43 Å². The van der Waals surface area contributed by atoms with Gasteiger partial charge in [0.15, 0.2) is 0 Å². The minimum absolute atomic E-state index is 0.421. The third-order valence-corrected chi connectivity index (χ3v) is 3.21. The van der Waals surface area contributed by atoms with Crippen molar-refractivity contribution in [1.82, 2.24) is 10.4 Å². The summed E-state index contributed by atoms with van der Waals surface area (Å²) in [5.74, 6) is 1.05. The summed E-state index contributed by atoms with van der Waals surface area (Å²) >= 11 is 1.87. The Morgan fingerprint density at radius 3 is 2.47 bits per heavy atom. The zero-order valence-corrected chi connectivity index (χ0v) is 10.5. The quantitative estimate of drug-likeness (QED) is 0.545. The van der Waals surface area contributed by atoms with Crippen molar-refractivity contribution in [3.05, 3.63) is 30.3 Å². The van der Waals surface area contributed by atoms with Crippen molar-refractivity contribution >= 4 is 11.8 Å². The Morgan fingerprint density at radius 2 is 1.93 bits per heavy atom. The molecule has 0 aromatic heterocycles. The highest BCUT2D eigenvalue weighted by Gasteiger charge is 2.08. The maximum absolute atomic E-state index is 4.52. The van der Waals surface area contributed by atoms with E-state index in [9.17, 15) is 0 Å². The Balaban J connectivity index is 2.34. The molecule has 1 aromatic carbocycles. The van der Waals surface area contributed by atoms with E-state index >= 15 is 0 Å². The molecule has 2 nitrogen and oxygen atoms in total. The first kappa shape index (κ1) is 12.6. The minimum atomic E-state index is 0.421. The van der Waals surface area contributed by atoms with E-state index in [1.165, 1.54) is 4.90 Å². The van der Waals surface area contributed by atoms with Gasteiger partial charge in [0.1, 0.15) is 0 Å². The summed E-state index contributed by atoms with van der Waals surface area (Å²) in [7, 11) is 3.96. The number of nitrogens with zero attached hydrogens (tertiary/aromatic N) is 2. The molecule has 1 rings (SSSR count). The summed E-state index contributed by atoms with van der Waals surface area (Å²) < 4.78 is 0. The third kappa shape index (κ3) is 5.21. The molecule has 0 aliphatic heterocycles. The van der Waals surface area contributed by atoms with Gasteiger partial charge in [-0.15, -0.1) is 11.8 Å². The van der Waals surface area contributed by atoms with Crippen LogP contribution in [0.15, 0.2) is 35.2 Å². The molecule has 0 aliphatic rings. The fourth-order valence-electron chi connectivity index (χ4n) is 1.27. The van der Waals surface area contributed by atoms with Gasteiger partial charge >= 0.3 is 0 Å². The van der Waals surface area contributed by atoms with Crippen molar-refractivity contribution in [1.29, 1.82) is 0 Å².